The van der Waals surface area contributed by atoms with E-state index in [1.54, 1.807) is 18.4 Å². The van der Waals surface area contributed by atoms with Crippen LogP contribution in [0.5, 0.6) is 5.75 Å². The van der Waals surface area contributed by atoms with Crippen LogP contribution in [0.4, 0.5) is 0 Å². The third-order valence-corrected chi connectivity index (χ3v) is 14.4. The summed E-state index contributed by atoms with van der Waals surface area (Å²) in [6, 6.07) is 25.7. The number of nitriles is 2. The van der Waals surface area contributed by atoms with Crippen molar-refractivity contribution in [3.63, 3.8) is 0 Å². The Labute approximate surface area is 358 Å². The molecule has 1 amide bonds. The number of allylic oxidation sites excluding steroid dienone is 5. The van der Waals surface area contributed by atoms with Crippen molar-refractivity contribution in [1.29, 1.82) is 10.5 Å². The fourth-order valence-corrected chi connectivity index (χ4v) is 10.5. The summed E-state index contributed by atoms with van der Waals surface area (Å²) in [5.74, 6) is 0.438. The molecule has 0 spiro atoms. The number of pyridine rings is 1. The van der Waals surface area contributed by atoms with E-state index in [2.05, 4.69) is 43.8 Å². The van der Waals surface area contributed by atoms with Crippen LogP contribution >= 0.6 is 46.6 Å². The van der Waals surface area contributed by atoms with Crippen LogP contribution in [0.1, 0.15) is 88.0 Å². The van der Waals surface area contributed by atoms with E-state index in [-0.39, 0.29) is 0 Å². The van der Waals surface area contributed by atoms with Crippen LogP contribution in [0.15, 0.2) is 101 Å². The molecule has 3 N–H and O–H groups in total. The van der Waals surface area contributed by atoms with Crippen LogP contribution < -0.4 is 10.5 Å². The lowest BCUT2D eigenvalue weighted by Crippen LogP contribution is -2.20. The maximum Gasteiger partial charge on any atom is 0.316 e. The molecule has 2 unspecified atom stereocenters. The SMILES string of the molecule is C=C(SC(CC)C(=O)O)/C(C#N)=C(\C=C(/C)c1ccc(C)s1)c1ccc(OC)cc1.N#Cc1c(SC(C(N)=O)c2ccccc2)nc2c(c1C1=CCCS1)CCCC2. The highest BCUT2D eigenvalue weighted by atomic mass is 32.2. The van der Waals surface area contributed by atoms with Crippen LogP contribution in [-0.2, 0) is 22.4 Å². The summed E-state index contributed by atoms with van der Waals surface area (Å²) in [5, 5.41) is 28.8. The number of thiophene rings is 1. The summed E-state index contributed by atoms with van der Waals surface area (Å²) >= 11 is 5.91. The molecule has 1 aliphatic heterocycles. The Bertz CT molecular complexity index is 2330. The Kier molecular flexibility index (Phi) is 16.1. The third kappa shape index (κ3) is 10.9. The lowest BCUT2D eigenvalue weighted by Gasteiger charge is -2.23. The van der Waals surface area contributed by atoms with E-state index in [1.807, 2.05) is 86.3 Å². The molecule has 0 bridgehead atoms. The fraction of sp³-hybridized carbons (Fsp3) is 0.283. The molecule has 4 aromatic rings. The van der Waals surface area contributed by atoms with Gasteiger partial charge in [0.15, 0.2) is 0 Å². The maximum absolute atomic E-state index is 12.2. The average Bonchev–Trinajstić information content (AvgIpc) is 3.94. The van der Waals surface area contributed by atoms with Gasteiger partial charge in [-0.2, -0.15) is 10.5 Å². The molecule has 8 nitrogen and oxygen atoms in total. The Morgan fingerprint density at radius 3 is 2.38 bits per heavy atom. The number of hydrogen-bond acceptors (Lipinski definition) is 10. The van der Waals surface area contributed by atoms with Gasteiger partial charge in [0.05, 0.1) is 18.2 Å². The van der Waals surface area contributed by atoms with Crippen molar-refractivity contribution in [3.8, 4) is 17.9 Å². The Hall–Kier alpha value is -4.98. The predicted octanol–water partition coefficient (Wildman–Crippen LogP) is 11.2. The Morgan fingerprint density at radius 2 is 1.81 bits per heavy atom. The molecule has 12 heteroatoms. The van der Waals surface area contributed by atoms with Gasteiger partial charge in [-0.3, -0.25) is 9.59 Å². The molecule has 2 aliphatic rings. The summed E-state index contributed by atoms with van der Waals surface area (Å²) in [5.41, 5.74) is 13.4. The van der Waals surface area contributed by atoms with E-state index >= 15 is 0 Å². The number of fused-ring (bicyclic) bond motifs is 1. The van der Waals surface area contributed by atoms with Crippen molar-refractivity contribution in [2.24, 2.45) is 5.73 Å². The number of thioether (sulfide) groups is 3. The Morgan fingerprint density at radius 1 is 1.09 bits per heavy atom. The molecule has 2 atom stereocenters. The molecular weight excluding hydrogens is 801 g/mol. The Balaban J connectivity index is 0.000000221. The normalized spacial score (nSPS) is 14.9. The lowest BCUT2D eigenvalue weighted by molar-refractivity contribution is -0.136. The van der Waals surface area contributed by atoms with Crippen molar-refractivity contribution in [1.82, 2.24) is 4.98 Å². The second kappa shape index (κ2) is 21.1. The number of carboxylic acids is 1. The van der Waals surface area contributed by atoms with Crippen molar-refractivity contribution in [2.75, 3.05) is 12.9 Å². The summed E-state index contributed by atoms with van der Waals surface area (Å²) in [6.07, 6.45) is 9.80. The number of hydrogen-bond donors (Lipinski definition) is 2. The van der Waals surface area contributed by atoms with Gasteiger partial charge in [-0.05, 0) is 105 Å². The number of benzene rings is 2. The lowest BCUT2D eigenvalue weighted by atomic mass is 9.90. The molecule has 1 aliphatic carbocycles. The van der Waals surface area contributed by atoms with Crippen molar-refractivity contribution in [3.05, 3.63) is 139 Å². The van der Waals surface area contributed by atoms with Gasteiger partial charge in [-0.15, -0.1) is 34.9 Å². The number of carboxylic acid groups (broad SMARTS) is 1. The number of amides is 1. The maximum atomic E-state index is 12.2. The zero-order valence-electron chi connectivity index (χ0n) is 33.0. The molecule has 0 fully saturated rings. The number of aliphatic carboxylic acids is 1. The molecule has 6 rings (SSSR count). The highest BCUT2D eigenvalue weighted by molar-refractivity contribution is 8.08. The van der Waals surface area contributed by atoms with Gasteiger partial charge in [-0.1, -0.05) is 73.8 Å². The zero-order chi connectivity index (χ0) is 41.8. The number of ether oxygens (including phenoxy) is 1. The number of aromatic nitrogens is 1. The van der Waals surface area contributed by atoms with Crippen LogP contribution in [-0.4, -0.2) is 40.1 Å². The van der Waals surface area contributed by atoms with E-state index in [0.29, 0.717) is 33.1 Å². The largest absolute Gasteiger partial charge is 0.497 e. The first-order chi connectivity index (χ1) is 28.0. The van der Waals surface area contributed by atoms with E-state index in [0.717, 1.165) is 88.2 Å². The number of nitrogens with zero attached hydrogens (tertiary/aromatic N) is 3. The summed E-state index contributed by atoms with van der Waals surface area (Å²) in [7, 11) is 1.60. The highest BCUT2D eigenvalue weighted by Crippen LogP contribution is 2.45. The quantitative estimate of drug-likeness (QED) is 0.0713. The second-order valence-electron chi connectivity index (χ2n) is 13.6. The molecule has 298 valence electrons. The molecule has 0 saturated heterocycles. The smallest absolute Gasteiger partial charge is 0.316 e. The summed E-state index contributed by atoms with van der Waals surface area (Å²) in [6.45, 7) is 9.90. The first-order valence-electron chi connectivity index (χ1n) is 18.9. The molecule has 0 saturated carbocycles. The van der Waals surface area contributed by atoms with Gasteiger partial charge in [0, 0.05) is 42.1 Å². The van der Waals surface area contributed by atoms with Gasteiger partial charge < -0.3 is 15.6 Å². The minimum Gasteiger partial charge on any atom is -0.497 e. The van der Waals surface area contributed by atoms with Gasteiger partial charge in [0.25, 0.3) is 0 Å². The molecule has 3 heterocycles. The summed E-state index contributed by atoms with van der Waals surface area (Å²) in [4.78, 5) is 32.5. The number of aryl methyl sites for hydroxylation is 2. The number of methoxy groups -OCH3 is 1. The first-order valence-corrected chi connectivity index (χ1v) is 22.5. The van der Waals surface area contributed by atoms with Gasteiger partial charge >= 0.3 is 5.97 Å². The fourth-order valence-electron chi connectivity index (χ4n) is 6.62. The number of rotatable bonds is 14. The van der Waals surface area contributed by atoms with Gasteiger partial charge in [0.2, 0.25) is 5.91 Å². The number of nitrogens with two attached hydrogens (primary N) is 1. The van der Waals surface area contributed by atoms with Crippen LogP contribution in [0.3, 0.4) is 0 Å². The van der Waals surface area contributed by atoms with E-state index in [4.69, 9.17) is 15.5 Å². The third-order valence-electron chi connectivity index (χ3n) is 9.58. The number of carbonyl (C=O) groups excluding carboxylic acids is 1. The first kappa shape index (κ1) is 44.1. The molecule has 0 radical (unpaired) electrons. The van der Waals surface area contributed by atoms with Gasteiger partial charge in [0.1, 0.15) is 33.4 Å². The standard InChI is InChI=1S/C24H25NO3S2.C22H21N3OS2/c1-6-22(24(26)27)30-17(4)21(14-25)20(18-8-10-19(28-5)11-9-18)13-15(2)23-12-7-16(3)29-23;23-13-16-19(18-11-6-12-27-18)15-9-4-5-10-17(15)25-22(16)28-20(21(24)26)14-7-2-1-3-8-14/h7-13,22H,4,6H2,1-3,5H3,(H,26,27);1-3,7-8,11,20H,4-6,9-10,12H2,(H2,24,26)/b15-13+,21-20+;. The number of primary amides is 1. The molecule has 2 aromatic carbocycles. The van der Waals surface area contributed by atoms with Crippen molar-refractivity contribution >= 4 is 74.6 Å². The van der Waals surface area contributed by atoms with Crippen LogP contribution in [0.2, 0.25) is 0 Å². The number of carbonyl (C=O) groups is 2. The van der Waals surface area contributed by atoms with Crippen molar-refractivity contribution < 1.29 is 19.4 Å². The minimum absolute atomic E-state index is 0.373. The molecule has 2 aromatic heterocycles. The van der Waals surface area contributed by atoms with Crippen LogP contribution in [0.25, 0.3) is 16.1 Å². The van der Waals surface area contributed by atoms with E-state index in [9.17, 15) is 25.2 Å². The zero-order valence-corrected chi connectivity index (χ0v) is 36.3. The topological polar surface area (TPSA) is 150 Å². The summed E-state index contributed by atoms with van der Waals surface area (Å²) < 4.78 is 5.25. The predicted molar refractivity (Wildman–Crippen MR) is 242 cm³/mol. The van der Waals surface area contributed by atoms with E-state index in [1.165, 1.54) is 27.1 Å². The average molecular weight is 847 g/mol. The monoisotopic (exact) mass is 846 g/mol. The highest BCUT2D eigenvalue weighted by Gasteiger charge is 2.29. The van der Waals surface area contributed by atoms with Crippen LogP contribution in [0, 0.1) is 29.6 Å². The molecular formula is C46H46N4O4S4. The van der Waals surface area contributed by atoms with Gasteiger partial charge in [-0.25, -0.2) is 4.98 Å². The second-order valence-corrected chi connectivity index (χ2v) is 18.4. The van der Waals surface area contributed by atoms with Crippen molar-refractivity contribution in [2.45, 2.75) is 74.8 Å². The minimum atomic E-state index is -0.910. The van der Waals surface area contributed by atoms with E-state index < -0.39 is 22.4 Å². The molecule has 58 heavy (non-hydrogen) atoms.